The van der Waals surface area contributed by atoms with E-state index in [1.165, 1.54) is 21.6 Å². The van der Waals surface area contributed by atoms with E-state index in [9.17, 15) is 4.79 Å². The molecular formula is C17H19NOS. The number of rotatable bonds is 2. The van der Waals surface area contributed by atoms with Gasteiger partial charge >= 0.3 is 0 Å². The summed E-state index contributed by atoms with van der Waals surface area (Å²) in [6.45, 7) is 4.08. The molecule has 2 aromatic rings. The lowest BCUT2D eigenvalue weighted by Gasteiger charge is -2.20. The van der Waals surface area contributed by atoms with Gasteiger partial charge in [-0.1, -0.05) is 24.3 Å². The Morgan fingerprint density at radius 2 is 1.90 bits per heavy atom. The largest absolute Gasteiger partial charge is 0.339 e. The van der Waals surface area contributed by atoms with Crippen LogP contribution in [-0.2, 0) is 12.8 Å². The van der Waals surface area contributed by atoms with Crippen molar-refractivity contribution < 1.29 is 4.79 Å². The van der Waals surface area contributed by atoms with Crippen LogP contribution in [0.1, 0.15) is 34.6 Å². The van der Waals surface area contributed by atoms with E-state index in [4.69, 9.17) is 0 Å². The molecule has 0 radical (unpaired) electrons. The molecule has 0 saturated carbocycles. The predicted octanol–water partition coefficient (Wildman–Crippen LogP) is 3.99. The van der Waals surface area contributed by atoms with Gasteiger partial charge in [0.1, 0.15) is 0 Å². The predicted molar refractivity (Wildman–Crippen MR) is 84.4 cm³/mol. The molecule has 1 amide bonds. The average molecular weight is 285 g/mol. The molecule has 3 rings (SSSR count). The molecule has 1 aromatic heterocycles. The van der Waals surface area contributed by atoms with Crippen LogP contribution in [0.5, 0.6) is 0 Å². The number of nitrogens with zero attached hydrogens (tertiary/aromatic N) is 1. The minimum absolute atomic E-state index is 0.136. The molecule has 1 aromatic carbocycles. The highest BCUT2D eigenvalue weighted by molar-refractivity contribution is 7.17. The van der Waals surface area contributed by atoms with Gasteiger partial charge in [0, 0.05) is 18.0 Å². The van der Waals surface area contributed by atoms with Crippen LogP contribution in [0.15, 0.2) is 30.3 Å². The lowest BCUT2D eigenvalue weighted by molar-refractivity contribution is 0.0760. The van der Waals surface area contributed by atoms with Crippen molar-refractivity contribution in [2.45, 2.75) is 32.7 Å². The van der Waals surface area contributed by atoms with Crippen molar-refractivity contribution in [3.63, 3.8) is 0 Å². The van der Waals surface area contributed by atoms with Gasteiger partial charge < -0.3 is 4.90 Å². The Hall–Kier alpha value is -1.61. The summed E-state index contributed by atoms with van der Waals surface area (Å²) in [5, 5.41) is 0. The third-order valence-electron chi connectivity index (χ3n) is 4.04. The van der Waals surface area contributed by atoms with E-state index in [-0.39, 0.29) is 11.9 Å². The maximum Gasteiger partial charge on any atom is 0.263 e. The smallest absolute Gasteiger partial charge is 0.263 e. The Morgan fingerprint density at radius 3 is 2.65 bits per heavy atom. The van der Waals surface area contributed by atoms with Gasteiger partial charge in [0.15, 0.2) is 0 Å². The van der Waals surface area contributed by atoms with Gasteiger partial charge in [-0.05, 0) is 49.4 Å². The topological polar surface area (TPSA) is 20.3 Å². The summed E-state index contributed by atoms with van der Waals surface area (Å²) in [5.74, 6) is 0.136. The monoisotopic (exact) mass is 285 g/mol. The zero-order valence-corrected chi connectivity index (χ0v) is 13.0. The van der Waals surface area contributed by atoms with E-state index < -0.39 is 0 Å². The summed E-state index contributed by atoms with van der Waals surface area (Å²) >= 11 is 1.64. The highest BCUT2D eigenvalue weighted by atomic mass is 32.1. The SMILES string of the molecule is CC(C)N(C)C(=O)c1cc2c(s1)-c1ccccc1CC2. The molecule has 104 valence electrons. The van der Waals surface area contributed by atoms with Crippen LogP contribution in [-0.4, -0.2) is 23.9 Å². The van der Waals surface area contributed by atoms with Crippen LogP contribution in [0.3, 0.4) is 0 Å². The Labute approximate surface area is 124 Å². The van der Waals surface area contributed by atoms with E-state index in [0.29, 0.717) is 0 Å². The van der Waals surface area contributed by atoms with Crippen LogP contribution in [0, 0.1) is 0 Å². The third kappa shape index (κ3) is 2.16. The number of fused-ring (bicyclic) bond motifs is 3. The first-order chi connectivity index (χ1) is 9.58. The number of hydrogen-bond acceptors (Lipinski definition) is 2. The van der Waals surface area contributed by atoms with E-state index in [0.717, 1.165) is 17.7 Å². The lowest BCUT2D eigenvalue weighted by Crippen LogP contribution is -2.32. The van der Waals surface area contributed by atoms with Crippen molar-refractivity contribution >= 4 is 17.2 Å². The summed E-state index contributed by atoms with van der Waals surface area (Å²) in [6.07, 6.45) is 2.12. The van der Waals surface area contributed by atoms with Crippen molar-refractivity contribution in [2.24, 2.45) is 0 Å². The molecule has 2 nitrogen and oxygen atoms in total. The van der Waals surface area contributed by atoms with E-state index in [2.05, 4.69) is 30.3 Å². The summed E-state index contributed by atoms with van der Waals surface area (Å²) in [6, 6.07) is 10.9. The summed E-state index contributed by atoms with van der Waals surface area (Å²) in [4.78, 5) is 16.4. The van der Waals surface area contributed by atoms with Crippen molar-refractivity contribution in [1.29, 1.82) is 0 Å². The van der Waals surface area contributed by atoms with Crippen molar-refractivity contribution in [3.8, 4) is 10.4 Å². The third-order valence-corrected chi connectivity index (χ3v) is 5.24. The second-order valence-electron chi connectivity index (χ2n) is 5.63. The molecule has 1 heterocycles. The standard InChI is InChI=1S/C17H19NOS/c1-11(2)18(3)17(19)15-10-13-9-8-12-6-4-5-7-14(12)16(13)20-15/h4-7,10-11H,8-9H2,1-3H3. The van der Waals surface area contributed by atoms with Gasteiger partial charge in [-0.25, -0.2) is 0 Å². The van der Waals surface area contributed by atoms with Crippen molar-refractivity contribution in [3.05, 3.63) is 46.3 Å². The van der Waals surface area contributed by atoms with Crippen LogP contribution in [0.4, 0.5) is 0 Å². The molecule has 0 N–H and O–H groups in total. The fourth-order valence-electron chi connectivity index (χ4n) is 2.59. The summed E-state index contributed by atoms with van der Waals surface area (Å²) < 4.78 is 0. The molecular weight excluding hydrogens is 266 g/mol. The number of benzene rings is 1. The Morgan fingerprint density at radius 1 is 1.20 bits per heavy atom. The zero-order chi connectivity index (χ0) is 14.3. The number of aryl methyl sites for hydroxylation is 2. The first-order valence-corrected chi connectivity index (χ1v) is 7.87. The molecule has 0 fully saturated rings. The van der Waals surface area contributed by atoms with Gasteiger partial charge in [0.2, 0.25) is 0 Å². The highest BCUT2D eigenvalue weighted by Gasteiger charge is 2.23. The molecule has 0 saturated heterocycles. The second-order valence-corrected chi connectivity index (χ2v) is 6.68. The number of hydrogen-bond donors (Lipinski definition) is 0. The fraction of sp³-hybridized carbons (Fsp3) is 0.353. The molecule has 3 heteroatoms. The first kappa shape index (κ1) is 13.4. The van der Waals surface area contributed by atoms with Gasteiger partial charge in [-0.3, -0.25) is 4.79 Å². The lowest BCUT2D eigenvalue weighted by atomic mass is 9.91. The molecule has 1 aliphatic carbocycles. The number of amides is 1. The Bertz CT molecular complexity index is 657. The minimum Gasteiger partial charge on any atom is -0.339 e. The van der Waals surface area contributed by atoms with Crippen molar-refractivity contribution in [1.82, 2.24) is 4.90 Å². The van der Waals surface area contributed by atoms with Crippen LogP contribution in [0.2, 0.25) is 0 Å². The van der Waals surface area contributed by atoms with E-state index >= 15 is 0 Å². The molecule has 0 atom stereocenters. The quantitative estimate of drug-likeness (QED) is 0.817. The van der Waals surface area contributed by atoms with Crippen LogP contribution in [0.25, 0.3) is 10.4 Å². The maximum atomic E-state index is 12.5. The summed E-state index contributed by atoms with van der Waals surface area (Å²) in [5.41, 5.74) is 4.04. The fourth-order valence-corrected chi connectivity index (χ4v) is 3.84. The average Bonchev–Trinajstić information content (AvgIpc) is 2.90. The zero-order valence-electron chi connectivity index (χ0n) is 12.1. The number of thiophene rings is 1. The van der Waals surface area contributed by atoms with E-state index in [1.807, 2.05) is 25.8 Å². The van der Waals surface area contributed by atoms with E-state index in [1.54, 1.807) is 11.3 Å². The molecule has 0 unspecified atom stereocenters. The number of carbonyl (C=O) groups is 1. The summed E-state index contributed by atoms with van der Waals surface area (Å²) in [7, 11) is 1.87. The Kier molecular flexibility index (Phi) is 3.38. The molecule has 20 heavy (non-hydrogen) atoms. The molecule has 0 bridgehead atoms. The molecule has 0 spiro atoms. The van der Waals surface area contributed by atoms with Crippen molar-refractivity contribution in [2.75, 3.05) is 7.05 Å². The number of carbonyl (C=O) groups excluding carboxylic acids is 1. The normalized spacial score (nSPS) is 13.0. The Balaban J connectivity index is 2.01. The molecule has 0 aliphatic heterocycles. The van der Waals surface area contributed by atoms with Crippen LogP contribution < -0.4 is 0 Å². The van der Waals surface area contributed by atoms with Gasteiger partial charge in [0.25, 0.3) is 5.91 Å². The van der Waals surface area contributed by atoms with Crippen LogP contribution >= 0.6 is 11.3 Å². The van der Waals surface area contributed by atoms with Gasteiger partial charge in [-0.15, -0.1) is 11.3 Å². The highest BCUT2D eigenvalue weighted by Crippen LogP contribution is 2.39. The molecule has 1 aliphatic rings. The minimum atomic E-state index is 0.136. The van der Waals surface area contributed by atoms with Gasteiger partial charge in [-0.2, -0.15) is 0 Å². The maximum absolute atomic E-state index is 12.5. The first-order valence-electron chi connectivity index (χ1n) is 7.06. The van der Waals surface area contributed by atoms with Gasteiger partial charge in [0.05, 0.1) is 4.88 Å². The second kappa shape index (κ2) is 5.06.